The average molecular weight is 317 g/mol. The summed E-state index contributed by atoms with van der Waals surface area (Å²) >= 11 is 0. The Morgan fingerprint density at radius 1 is 1.08 bits per heavy atom. The number of benzene rings is 1. The van der Waals surface area contributed by atoms with Crippen molar-refractivity contribution < 1.29 is 0 Å². The van der Waals surface area contributed by atoms with Gasteiger partial charge in [0.25, 0.3) is 0 Å². The van der Waals surface area contributed by atoms with E-state index in [1.165, 1.54) is 11.1 Å². The fourth-order valence-electron chi connectivity index (χ4n) is 3.16. The molecule has 5 nitrogen and oxygen atoms in total. The summed E-state index contributed by atoms with van der Waals surface area (Å²) in [6.45, 7) is 4.86. The van der Waals surface area contributed by atoms with Gasteiger partial charge in [0.2, 0.25) is 0 Å². The smallest absolute Gasteiger partial charge is 0.159 e. The van der Waals surface area contributed by atoms with Gasteiger partial charge in [-0.3, -0.25) is 0 Å². The van der Waals surface area contributed by atoms with Gasteiger partial charge < -0.3 is 4.57 Å². The first-order valence-corrected chi connectivity index (χ1v) is 8.00. The second-order valence-corrected chi connectivity index (χ2v) is 6.11. The lowest BCUT2D eigenvalue weighted by atomic mass is 10.1. The molecule has 0 aliphatic rings. The first-order valence-electron chi connectivity index (χ1n) is 8.00. The predicted octanol–water partition coefficient (Wildman–Crippen LogP) is 3.50. The Labute approximate surface area is 140 Å². The molecule has 3 heterocycles. The van der Waals surface area contributed by atoms with Crippen LogP contribution in [0, 0.1) is 13.8 Å². The number of imidazole rings is 1. The van der Waals surface area contributed by atoms with Crippen LogP contribution in [0.5, 0.6) is 0 Å². The minimum absolute atomic E-state index is 0.710. The van der Waals surface area contributed by atoms with Gasteiger partial charge in [0.05, 0.1) is 12.2 Å². The fourth-order valence-corrected chi connectivity index (χ4v) is 3.16. The molecule has 0 aliphatic heterocycles. The van der Waals surface area contributed by atoms with E-state index in [2.05, 4.69) is 30.1 Å². The summed E-state index contributed by atoms with van der Waals surface area (Å²) in [5, 5.41) is 5.85. The predicted molar refractivity (Wildman–Crippen MR) is 94.7 cm³/mol. The summed E-state index contributed by atoms with van der Waals surface area (Å²) in [7, 11) is 1.98. The van der Waals surface area contributed by atoms with Crippen LogP contribution in [0.15, 0.2) is 48.8 Å². The monoisotopic (exact) mass is 317 g/mol. The molecule has 24 heavy (non-hydrogen) atoms. The first-order chi connectivity index (χ1) is 11.6. The Morgan fingerprint density at radius 3 is 2.58 bits per heavy atom. The SMILES string of the molecule is Cc1cc(-c2nccn2C)nc2c1c(C)nn2Cc1ccccc1. The average Bonchev–Trinajstić information content (AvgIpc) is 3.12. The molecule has 4 rings (SSSR count). The molecule has 3 aromatic heterocycles. The maximum Gasteiger partial charge on any atom is 0.159 e. The molecule has 0 fully saturated rings. The van der Waals surface area contributed by atoms with Gasteiger partial charge in [0.1, 0.15) is 5.69 Å². The highest BCUT2D eigenvalue weighted by atomic mass is 15.3. The molecule has 0 saturated heterocycles. The van der Waals surface area contributed by atoms with Crippen molar-refractivity contribution in [3.8, 4) is 11.5 Å². The van der Waals surface area contributed by atoms with Crippen LogP contribution in [0.2, 0.25) is 0 Å². The molecule has 0 radical (unpaired) electrons. The molecule has 0 N–H and O–H groups in total. The molecule has 5 heteroatoms. The number of hydrogen-bond acceptors (Lipinski definition) is 3. The zero-order chi connectivity index (χ0) is 16.7. The van der Waals surface area contributed by atoms with Gasteiger partial charge in [0.15, 0.2) is 11.5 Å². The summed E-state index contributed by atoms with van der Waals surface area (Å²) in [4.78, 5) is 9.30. The third-order valence-electron chi connectivity index (χ3n) is 4.30. The largest absolute Gasteiger partial charge is 0.333 e. The molecule has 1 aromatic carbocycles. The van der Waals surface area contributed by atoms with Crippen molar-refractivity contribution in [3.05, 3.63) is 65.6 Å². The van der Waals surface area contributed by atoms with E-state index in [-0.39, 0.29) is 0 Å². The van der Waals surface area contributed by atoms with E-state index in [9.17, 15) is 0 Å². The van der Waals surface area contributed by atoms with Gasteiger partial charge in [-0.2, -0.15) is 5.10 Å². The van der Waals surface area contributed by atoms with E-state index >= 15 is 0 Å². The van der Waals surface area contributed by atoms with Crippen molar-refractivity contribution in [1.82, 2.24) is 24.3 Å². The van der Waals surface area contributed by atoms with Crippen LogP contribution in [0.3, 0.4) is 0 Å². The zero-order valence-corrected chi connectivity index (χ0v) is 14.1. The molecule has 0 saturated carbocycles. The van der Waals surface area contributed by atoms with Crippen molar-refractivity contribution in [2.24, 2.45) is 7.05 Å². The minimum atomic E-state index is 0.710. The number of rotatable bonds is 3. The summed E-state index contributed by atoms with van der Waals surface area (Å²) in [5.74, 6) is 0.866. The second kappa shape index (κ2) is 5.60. The van der Waals surface area contributed by atoms with Gasteiger partial charge in [0, 0.05) is 24.8 Å². The highest BCUT2D eigenvalue weighted by molar-refractivity contribution is 5.84. The molecule has 120 valence electrons. The Hall–Kier alpha value is -2.95. The topological polar surface area (TPSA) is 48.5 Å². The van der Waals surface area contributed by atoms with Gasteiger partial charge >= 0.3 is 0 Å². The van der Waals surface area contributed by atoms with Crippen molar-refractivity contribution in [3.63, 3.8) is 0 Å². The van der Waals surface area contributed by atoms with E-state index in [1.807, 2.05) is 47.6 Å². The highest BCUT2D eigenvalue weighted by Crippen LogP contribution is 2.26. The van der Waals surface area contributed by atoms with Crippen LogP contribution in [0.25, 0.3) is 22.6 Å². The molecule has 0 spiro atoms. The van der Waals surface area contributed by atoms with E-state index in [0.717, 1.165) is 28.2 Å². The van der Waals surface area contributed by atoms with Gasteiger partial charge in [-0.1, -0.05) is 30.3 Å². The maximum atomic E-state index is 4.87. The zero-order valence-electron chi connectivity index (χ0n) is 14.1. The summed E-state index contributed by atoms with van der Waals surface area (Å²) in [6, 6.07) is 12.4. The lowest BCUT2D eigenvalue weighted by Crippen LogP contribution is -2.04. The standard InChI is InChI=1S/C19H19N5/c1-13-11-16(18-20-9-10-23(18)3)21-19-17(13)14(2)22-24(19)12-15-7-5-4-6-8-15/h4-11H,12H2,1-3H3. The number of hydrogen-bond donors (Lipinski definition) is 0. The third-order valence-corrected chi connectivity index (χ3v) is 4.30. The van der Waals surface area contributed by atoms with Crippen LogP contribution in [-0.4, -0.2) is 24.3 Å². The van der Waals surface area contributed by atoms with Crippen LogP contribution < -0.4 is 0 Å². The number of aromatic nitrogens is 5. The third kappa shape index (κ3) is 2.38. The molecular formula is C19H19N5. The van der Waals surface area contributed by atoms with E-state index in [0.29, 0.717) is 6.54 Å². The number of pyridine rings is 1. The first kappa shape index (κ1) is 14.6. The number of aryl methyl sites for hydroxylation is 3. The van der Waals surface area contributed by atoms with Gasteiger partial charge in [-0.25, -0.2) is 14.6 Å². The van der Waals surface area contributed by atoms with E-state index in [1.54, 1.807) is 6.20 Å². The Balaban J connectivity index is 1.89. The van der Waals surface area contributed by atoms with Crippen LogP contribution >= 0.6 is 0 Å². The molecule has 0 bridgehead atoms. The van der Waals surface area contributed by atoms with Crippen molar-refractivity contribution in [1.29, 1.82) is 0 Å². The Morgan fingerprint density at radius 2 is 1.88 bits per heavy atom. The quantitative estimate of drug-likeness (QED) is 0.581. The number of nitrogens with zero attached hydrogens (tertiary/aromatic N) is 5. The molecule has 0 atom stereocenters. The lowest BCUT2D eigenvalue weighted by Gasteiger charge is -2.07. The van der Waals surface area contributed by atoms with Crippen LogP contribution in [0.1, 0.15) is 16.8 Å². The molecule has 0 amide bonds. The van der Waals surface area contributed by atoms with E-state index in [4.69, 9.17) is 10.1 Å². The van der Waals surface area contributed by atoms with Gasteiger partial charge in [-0.05, 0) is 31.0 Å². The maximum absolute atomic E-state index is 4.87. The van der Waals surface area contributed by atoms with Crippen LogP contribution in [-0.2, 0) is 13.6 Å². The number of fused-ring (bicyclic) bond motifs is 1. The normalized spacial score (nSPS) is 11.3. The summed E-state index contributed by atoms with van der Waals surface area (Å²) in [5.41, 5.74) is 5.19. The highest BCUT2D eigenvalue weighted by Gasteiger charge is 2.15. The van der Waals surface area contributed by atoms with Crippen molar-refractivity contribution in [2.75, 3.05) is 0 Å². The second-order valence-electron chi connectivity index (χ2n) is 6.11. The van der Waals surface area contributed by atoms with E-state index < -0.39 is 0 Å². The lowest BCUT2D eigenvalue weighted by molar-refractivity contribution is 0.696. The summed E-state index contributed by atoms with van der Waals surface area (Å²) < 4.78 is 3.97. The van der Waals surface area contributed by atoms with Crippen molar-refractivity contribution >= 4 is 11.0 Å². The van der Waals surface area contributed by atoms with Crippen molar-refractivity contribution in [2.45, 2.75) is 20.4 Å². The Kier molecular flexibility index (Phi) is 3.41. The Bertz CT molecular complexity index is 1010. The fraction of sp³-hybridized carbons (Fsp3) is 0.211. The molecule has 0 aliphatic carbocycles. The molecular weight excluding hydrogens is 298 g/mol. The molecule has 0 unspecified atom stereocenters. The summed E-state index contributed by atoms with van der Waals surface area (Å²) in [6.07, 6.45) is 3.73. The van der Waals surface area contributed by atoms with Crippen LogP contribution in [0.4, 0.5) is 0 Å². The van der Waals surface area contributed by atoms with Gasteiger partial charge in [-0.15, -0.1) is 0 Å². The minimum Gasteiger partial charge on any atom is -0.333 e. The molecule has 4 aromatic rings.